The Hall–Kier alpha value is -1.42. The predicted molar refractivity (Wildman–Crippen MR) is 82.7 cm³/mol. The molecule has 1 fully saturated rings. The number of nitrogens with zero attached hydrogens (tertiary/aromatic N) is 1. The molecule has 0 amide bonds. The van der Waals surface area contributed by atoms with Gasteiger partial charge in [0.25, 0.3) is 0 Å². The van der Waals surface area contributed by atoms with Crippen molar-refractivity contribution in [1.29, 1.82) is 0 Å². The first-order chi connectivity index (χ1) is 9.69. The first-order valence-corrected chi connectivity index (χ1v) is 7.42. The Morgan fingerprint density at radius 1 is 1.35 bits per heavy atom. The van der Waals surface area contributed by atoms with E-state index in [-0.39, 0.29) is 0 Å². The summed E-state index contributed by atoms with van der Waals surface area (Å²) in [7, 11) is 3.37. The molecular formula is C16H26N2O2. The van der Waals surface area contributed by atoms with Crippen LogP contribution in [0.4, 0.5) is 5.69 Å². The summed E-state index contributed by atoms with van der Waals surface area (Å²) in [5.74, 6) is 2.28. The zero-order chi connectivity index (χ0) is 14.5. The minimum absolute atomic E-state index is 0.314. The molecule has 112 valence electrons. The van der Waals surface area contributed by atoms with Gasteiger partial charge < -0.3 is 20.1 Å². The van der Waals surface area contributed by atoms with E-state index in [1.165, 1.54) is 0 Å². The van der Waals surface area contributed by atoms with Crippen molar-refractivity contribution >= 4 is 5.69 Å². The van der Waals surface area contributed by atoms with Crippen LogP contribution in [0.25, 0.3) is 0 Å². The molecule has 0 saturated carbocycles. The van der Waals surface area contributed by atoms with Crippen molar-refractivity contribution in [3.05, 3.63) is 18.2 Å². The highest BCUT2D eigenvalue weighted by molar-refractivity contribution is 5.61. The third-order valence-corrected chi connectivity index (χ3v) is 4.18. The Labute approximate surface area is 121 Å². The maximum atomic E-state index is 6.27. The SMILES string of the molecule is CCCC(N)C1CCN(c2ccc(OC)cc2OC)C1. The largest absolute Gasteiger partial charge is 0.497 e. The minimum Gasteiger partial charge on any atom is -0.497 e. The van der Waals surface area contributed by atoms with Crippen LogP contribution in [0, 0.1) is 5.92 Å². The van der Waals surface area contributed by atoms with Gasteiger partial charge in [-0.25, -0.2) is 0 Å². The van der Waals surface area contributed by atoms with Crippen LogP contribution < -0.4 is 20.1 Å². The van der Waals surface area contributed by atoms with Gasteiger partial charge in [0, 0.05) is 25.2 Å². The Balaban J connectivity index is 2.09. The second-order valence-corrected chi connectivity index (χ2v) is 5.49. The molecule has 2 rings (SSSR count). The summed E-state index contributed by atoms with van der Waals surface area (Å²) < 4.78 is 10.7. The maximum Gasteiger partial charge on any atom is 0.145 e. The van der Waals surface area contributed by atoms with Crippen LogP contribution in [0.5, 0.6) is 11.5 Å². The van der Waals surface area contributed by atoms with Gasteiger partial charge in [0.15, 0.2) is 0 Å². The Morgan fingerprint density at radius 3 is 2.80 bits per heavy atom. The van der Waals surface area contributed by atoms with E-state index in [4.69, 9.17) is 15.2 Å². The molecule has 1 aliphatic rings. The molecule has 2 N–H and O–H groups in total. The molecule has 0 bridgehead atoms. The van der Waals surface area contributed by atoms with Crippen LogP contribution in [0.1, 0.15) is 26.2 Å². The van der Waals surface area contributed by atoms with Gasteiger partial charge in [-0.1, -0.05) is 13.3 Å². The van der Waals surface area contributed by atoms with E-state index >= 15 is 0 Å². The van der Waals surface area contributed by atoms with Gasteiger partial charge in [-0.15, -0.1) is 0 Å². The van der Waals surface area contributed by atoms with E-state index in [1.807, 2.05) is 12.1 Å². The second-order valence-electron chi connectivity index (χ2n) is 5.49. The quantitative estimate of drug-likeness (QED) is 0.869. The number of hydrogen-bond donors (Lipinski definition) is 1. The molecule has 4 nitrogen and oxygen atoms in total. The predicted octanol–water partition coefficient (Wildman–Crippen LogP) is 2.66. The number of nitrogens with two attached hydrogens (primary N) is 1. The molecule has 2 atom stereocenters. The van der Waals surface area contributed by atoms with Crippen LogP contribution in [-0.2, 0) is 0 Å². The molecule has 0 radical (unpaired) electrons. The second kappa shape index (κ2) is 6.84. The molecule has 1 saturated heterocycles. The molecule has 20 heavy (non-hydrogen) atoms. The zero-order valence-corrected chi connectivity index (χ0v) is 12.8. The lowest BCUT2D eigenvalue weighted by Crippen LogP contribution is -2.32. The van der Waals surface area contributed by atoms with E-state index in [0.29, 0.717) is 12.0 Å². The van der Waals surface area contributed by atoms with Crippen LogP contribution >= 0.6 is 0 Å². The third-order valence-electron chi connectivity index (χ3n) is 4.18. The Morgan fingerprint density at radius 2 is 2.15 bits per heavy atom. The lowest BCUT2D eigenvalue weighted by molar-refractivity contribution is 0.394. The standard InChI is InChI=1S/C16H26N2O2/c1-4-5-14(17)12-8-9-18(11-12)15-7-6-13(19-2)10-16(15)20-3/h6-7,10,12,14H,4-5,8-9,11,17H2,1-3H3. The van der Waals surface area contributed by atoms with Crippen molar-refractivity contribution in [1.82, 2.24) is 0 Å². The van der Waals surface area contributed by atoms with Gasteiger partial charge >= 0.3 is 0 Å². The van der Waals surface area contributed by atoms with Crippen molar-refractivity contribution in [2.75, 3.05) is 32.2 Å². The molecular weight excluding hydrogens is 252 g/mol. The normalized spacial score (nSPS) is 20.0. The fraction of sp³-hybridized carbons (Fsp3) is 0.625. The summed E-state index contributed by atoms with van der Waals surface area (Å²) in [5, 5.41) is 0. The smallest absolute Gasteiger partial charge is 0.145 e. The summed E-state index contributed by atoms with van der Waals surface area (Å²) in [6.07, 6.45) is 3.43. The average Bonchev–Trinajstić information content (AvgIpc) is 2.96. The highest BCUT2D eigenvalue weighted by atomic mass is 16.5. The number of ether oxygens (including phenoxy) is 2. The summed E-state index contributed by atoms with van der Waals surface area (Å²) in [4.78, 5) is 2.37. The van der Waals surface area contributed by atoms with E-state index in [9.17, 15) is 0 Å². The van der Waals surface area contributed by atoms with E-state index in [1.54, 1.807) is 14.2 Å². The maximum absolute atomic E-state index is 6.27. The van der Waals surface area contributed by atoms with Gasteiger partial charge in [0.05, 0.1) is 19.9 Å². The van der Waals surface area contributed by atoms with E-state index in [2.05, 4.69) is 17.9 Å². The monoisotopic (exact) mass is 278 g/mol. The van der Waals surface area contributed by atoms with Gasteiger partial charge in [0.2, 0.25) is 0 Å². The molecule has 0 aliphatic carbocycles. The number of hydrogen-bond acceptors (Lipinski definition) is 4. The van der Waals surface area contributed by atoms with Crippen LogP contribution in [0.2, 0.25) is 0 Å². The van der Waals surface area contributed by atoms with Crippen molar-refractivity contribution < 1.29 is 9.47 Å². The van der Waals surface area contributed by atoms with E-state index < -0.39 is 0 Å². The van der Waals surface area contributed by atoms with Gasteiger partial charge in [0.1, 0.15) is 11.5 Å². The van der Waals surface area contributed by atoms with Crippen LogP contribution in [-0.4, -0.2) is 33.4 Å². The fourth-order valence-corrected chi connectivity index (χ4v) is 2.97. The molecule has 1 heterocycles. The average molecular weight is 278 g/mol. The lowest BCUT2D eigenvalue weighted by atomic mass is 9.96. The first kappa shape index (κ1) is 15.0. The van der Waals surface area contributed by atoms with Gasteiger partial charge in [-0.05, 0) is 30.9 Å². The summed E-state index contributed by atoms with van der Waals surface area (Å²) >= 11 is 0. The highest BCUT2D eigenvalue weighted by Gasteiger charge is 2.28. The summed E-state index contributed by atoms with van der Waals surface area (Å²) in [6, 6.07) is 6.31. The number of anilines is 1. The number of benzene rings is 1. The topological polar surface area (TPSA) is 47.7 Å². The molecule has 2 unspecified atom stereocenters. The van der Waals surface area contributed by atoms with Crippen molar-refractivity contribution in [3.63, 3.8) is 0 Å². The molecule has 1 aromatic carbocycles. The van der Waals surface area contributed by atoms with Crippen molar-refractivity contribution in [2.45, 2.75) is 32.2 Å². The zero-order valence-electron chi connectivity index (χ0n) is 12.8. The van der Waals surface area contributed by atoms with E-state index in [0.717, 1.165) is 49.5 Å². The summed E-state index contributed by atoms with van der Waals surface area (Å²) in [5.41, 5.74) is 7.41. The molecule has 1 aliphatic heterocycles. The highest BCUT2D eigenvalue weighted by Crippen LogP contribution is 2.35. The molecule has 4 heteroatoms. The van der Waals surface area contributed by atoms with Gasteiger partial charge in [-0.3, -0.25) is 0 Å². The van der Waals surface area contributed by atoms with Crippen LogP contribution in [0.3, 0.4) is 0 Å². The number of rotatable bonds is 6. The Kier molecular flexibility index (Phi) is 5.12. The van der Waals surface area contributed by atoms with Crippen molar-refractivity contribution in [2.24, 2.45) is 11.7 Å². The molecule has 0 spiro atoms. The minimum atomic E-state index is 0.314. The third kappa shape index (κ3) is 3.18. The fourth-order valence-electron chi connectivity index (χ4n) is 2.97. The Bertz CT molecular complexity index is 436. The molecule has 1 aromatic rings. The van der Waals surface area contributed by atoms with Crippen LogP contribution in [0.15, 0.2) is 18.2 Å². The first-order valence-electron chi connectivity index (χ1n) is 7.42. The number of methoxy groups -OCH3 is 2. The molecule has 0 aromatic heterocycles. The van der Waals surface area contributed by atoms with Crippen molar-refractivity contribution in [3.8, 4) is 11.5 Å². The lowest BCUT2D eigenvalue weighted by Gasteiger charge is -2.23. The van der Waals surface area contributed by atoms with Gasteiger partial charge in [-0.2, -0.15) is 0 Å². The summed E-state index contributed by atoms with van der Waals surface area (Å²) in [6.45, 7) is 4.26.